The lowest BCUT2D eigenvalue weighted by atomic mass is 10.1. The fourth-order valence-corrected chi connectivity index (χ4v) is 1.83. The summed E-state index contributed by atoms with van der Waals surface area (Å²) < 4.78 is 5.73. The molecule has 1 aliphatic rings. The molecule has 0 N–H and O–H groups in total. The largest absolute Gasteiger partial charge is 0.489 e. The van der Waals surface area contributed by atoms with Crippen LogP contribution in [-0.2, 0) is 11.2 Å². The molecule has 2 heteroatoms. The van der Waals surface area contributed by atoms with Gasteiger partial charge in [-0.25, -0.2) is 0 Å². The average Bonchev–Trinajstić information content (AvgIpc) is 2.82. The lowest BCUT2D eigenvalue weighted by Gasteiger charge is -2.07. The predicted molar refractivity (Wildman–Crippen MR) is 92.2 cm³/mol. The number of carbonyl (C=O) groups is 1. The maximum absolute atomic E-state index is 10.9. The van der Waals surface area contributed by atoms with Gasteiger partial charge in [0, 0.05) is 6.42 Å². The number of ketones is 1. The number of ether oxygens (including phenoxy) is 1. The highest BCUT2D eigenvalue weighted by Crippen LogP contribution is 2.15. The number of aryl methyl sites for hydroxylation is 1. The van der Waals surface area contributed by atoms with E-state index < -0.39 is 0 Å². The Kier molecular flexibility index (Phi) is 8.40. The van der Waals surface area contributed by atoms with Crippen LogP contribution in [0.4, 0.5) is 0 Å². The minimum atomic E-state index is 0.221. The first-order chi connectivity index (χ1) is 10.7. The van der Waals surface area contributed by atoms with Crippen LogP contribution < -0.4 is 4.74 Å². The number of allylic oxidation sites excluding steroid dienone is 3. The Morgan fingerprint density at radius 3 is 2.55 bits per heavy atom. The molecule has 0 amide bonds. The molecule has 0 aliphatic heterocycles. The Balaban J connectivity index is 0.00000116. The molecule has 0 atom stereocenters. The van der Waals surface area contributed by atoms with Crippen molar-refractivity contribution in [2.45, 2.75) is 33.6 Å². The molecule has 0 fully saturated rings. The fourth-order valence-electron chi connectivity index (χ4n) is 1.83. The van der Waals surface area contributed by atoms with E-state index in [1.54, 1.807) is 6.92 Å². The van der Waals surface area contributed by atoms with Crippen LogP contribution in [0.5, 0.6) is 5.75 Å². The molecule has 1 aromatic carbocycles. The molecule has 0 unspecified atom stereocenters. The lowest BCUT2D eigenvalue weighted by Crippen LogP contribution is -1.99. The molecule has 116 valence electrons. The van der Waals surface area contributed by atoms with E-state index in [4.69, 9.17) is 4.74 Å². The molecule has 2 nitrogen and oxygen atoms in total. The summed E-state index contributed by atoms with van der Waals surface area (Å²) in [4.78, 5) is 10.9. The molecular weight excluding hydrogens is 272 g/mol. The first kappa shape index (κ1) is 17.7. The smallest absolute Gasteiger partial charge is 0.130 e. The van der Waals surface area contributed by atoms with E-state index in [0.717, 1.165) is 23.3 Å². The van der Waals surface area contributed by atoms with Crippen LogP contribution >= 0.6 is 0 Å². The highest BCUT2D eigenvalue weighted by Gasteiger charge is 1.99. The Bertz CT molecular complexity index is 583. The fraction of sp³-hybridized carbons (Fsp3) is 0.300. The van der Waals surface area contributed by atoms with Gasteiger partial charge in [0.1, 0.15) is 18.1 Å². The van der Waals surface area contributed by atoms with Gasteiger partial charge >= 0.3 is 0 Å². The summed E-state index contributed by atoms with van der Waals surface area (Å²) in [5, 5.41) is 0. The van der Waals surface area contributed by atoms with Crippen molar-refractivity contribution in [1.82, 2.24) is 0 Å². The summed E-state index contributed by atoms with van der Waals surface area (Å²) in [5.74, 6) is 1.06. The molecule has 0 aromatic heterocycles. The SMILES string of the molecule is CC.CC(=O)CCc1ccc(OCC2=CC=C=CC=C2)cc1. The molecule has 22 heavy (non-hydrogen) atoms. The summed E-state index contributed by atoms with van der Waals surface area (Å²) >= 11 is 0. The molecule has 0 saturated carbocycles. The van der Waals surface area contributed by atoms with E-state index in [0.29, 0.717) is 13.0 Å². The predicted octanol–water partition coefficient (Wildman–Crippen LogP) is 4.82. The number of hydrogen-bond acceptors (Lipinski definition) is 2. The third-order valence-corrected chi connectivity index (χ3v) is 2.99. The second-order valence-corrected chi connectivity index (χ2v) is 4.74. The highest BCUT2D eigenvalue weighted by molar-refractivity contribution is 5.75. The van der Waals surface area contributed by atoms with Gasteiger partial charge in [-0.3, -0.25) is 0 Å². The van der Waals surface area contributed by atoms with Gasteiger partial charge in [0.2, 0.25) is 0 Å². The lowest BCUT2D eigenvalue weighted by molar-refractivity contribution is -0.116. The summed E-state index contributed by atoms with van der Waals surface area (Å²) in [6.07, 6.45) is 11.1. The molecule has 0 saturated heterocycles. The number of Topliss-reactive ketones (excluding diaryl/α,β-unsaturated/α-hetero) is 1. The van der Waals surface area contributed by atoms with Gasteiger partial charge < -0.3 is 9.53 Å². The number of carbonyl (C=O) groups excluding carboxylic acids is 1. The van der Waals surface area contributed by atoms with Crippen LogP contribution in [0.25, 0.3) is 0 Å². The van der Waals surface area contributed by atoms with E-state index in [9.17, 15) is 4.79 Å². The maximum Gasteiger partial charge on any atom is 0.130 e. The number of hydrogen-bond donors (Lipinski definition) is 0. The van der Waals surface area contributed by atoms with Gasteiger partial charge in [-0.15, -0.1) is 5.73 Å². The molecule has 2 rings (SSSR count). The Hall–Kier alpha value is -2.31. The van der Waals surface area contributed by atoms with Gasteiger partial charge in [-0.2, -0.15) is 0 Å². The van der Waals surface area contributed by atoms with Crippen LogP contribution in [0.1, 0.15) is 32.8 Å². The van der Waals surface area contributed by atoms with Crippen LogP contribution in [0, 0.1) is 0 Å². The summed E-state index contributed by atoms with van der Waals surface area (Å²) in [5.41, 5.74) is 5.27. The minimum absolute atomic E-state index is 0.221. The zero-order valence-electron chi connectivity index (χ0n) is 13.6. The molecule has 0 heterocycles. The standard InChI is InChI=1S/C18H18O2.C2H6/c1-15(19)8-9-16-10-12-18(13-11-16)20-14-17-6-4-2-3-5-7-17;1-2/h2,4-7,10-13H,8-9,14H2,1H3;1-2H3. The van der Waals surface area contributed by atoms with Crippen molar-refractivity contribution in [3.05, 3.63) is 71.5 Å². The van der Waals surface area contributed by atoms with Gasteiger partial charge in [0.05, 0.1) is 0 Å². The topological polar surface area (TPSA) is 26.3 Å². The average molecular weight is 296 g/mol. The molecular formula is C20H24O2. The number of benzene rings is 1. The normalized spacial score (nSPS) is 12.0. The van der Waals surface area contributed by atoms with E-state index in [-0.39, 0.29) is 5.78 Å². The third kappa shape index (κ3) is 6.92. The van der Waals surface area contributed by atoms with Gasteiger partial charge in [-0.05, 0) is 54.8 Å². The quantitative estimate of drug-likeness (QED) is 0.703. The van der Waals surface area contributed by atoms with Gasteiger partial charge in [0.15, 0.2) is 0 Å². The van der Waals surface area contributed by atoms with Crippen LogP contribution in [-0.4, -0.2) is 12.4 Å². The maximum atomic E-state index is 10.9. The van der Waals surface area contributed by atoms with Gasteiger partial charge in [0.25, 0.3) is 0 Å². The molecule has 0 spiro atoms. The van der Waals surface area contributed by atoms with E-state index >= 15 is 0 Å². The monoisotopic (exact) mass is 296 g/mol. The van der Waals surface area contributed by atoms with Crippen molar-refractivity contribution in [2.24, 2.45) is 0 Å². The van der Waals surface area contributed by atoms with Crippen molar-refractivity contribution in [3.8, 4) is 5.75 Å². The first-order valence-corrected chi connectivity index (χ1v) is 7.73. The molecule has 0 radical (unpaired) electrons. The zero-order valence-corrected chi connectivity index (χ0v) is 13.6. The third-order valence-electron chi connectivity index (χ3n) is 2.99. The van der Waals surface area contributed by atoms with Crippen molar-refractivity contribution in [2.75, 3.05) is 6.61 Å². The van der Waals surface area contributed by atoms with Crippen LogP contribution in [0.2, 0.25) is 0 Å². The molecule has 1 aliphatic carbocycles. The molecule has 0 bridgehead atoms. The van der Waals surface area contributed by atoms with Crippen molar-refractivity contribution in [1.29, 1.82) is 0 Å². The van der Waals surface area contributed by atoms with E-state index in [2.05, 4.69) is 5.73 Å². The second-order valence-electron chi connectivity index (χ2n) is 4.74. The summed E-state index contributed by atoms with van der Waals surface area (Å²) in [7, 11) is 0. The highest BCUT2D eigenvalue weighted by atomic mass is 16.5. The summed E-state index contributed by atoms with van der Waals surface area (Å²) in [6.45, 7) is 6.16. The van der Waals surface area contributed by atoms with Crippen LogP contribution in [0.15, 0.2) is 65.9 Å². The van der Waals surface area contributed by atoms with Crippen molar-refractivity contribution in [3.63, 3.8) is 0 Å². The Morgan fingerprint density at radius 1 is 1.14 bits per heavy atom. The van der Waals surface area contributed by atoms with E-state index in [1.165, 1.54) is 0 Å². The van der Waals surface area contributed by atoms with Crippen molar-refractivity contribution < 1.29 is 9.53 Å². The minimum Gasteiger partial charge on any atom is -0.489 e. The second kappa shape index (κ2) is 10.4. The Morgan fingerprint density at radius 2 is 1.86 bits per heavy atom. The zero-order chi connectivity index (χ0) is 16.2. The summed E-state index contributed by atoms with van der Waals surface area (Å²) in [6, 6.07) is 7.92. The van der Waals surface area contributed by atoms with Crippen LogP contribution in [0.3, 0.4) is 0 Å². The number of rotatable bonds is 6. The van der Waals surface area contributed by atoms with Crippen molar-refractivity contribution >= 4 is 5.78 Å². The Labute approximate surface area is 133 Å². The molecule has 1 aromatic rings. The van der Waals surface area contributed by atoms with Gasteiger partial charge in [-0.1, -0.05) is 38.1 Å². The van der Waals surface area contributed by atoms with E-state index in [1.807, 2.05) is 68.5 Å². The first-order valence-electron chi connectivity index (χ1n) is 7.73.